The smallest absolute Gasteiger partial charge is 0.288 e. The molecule has 0 spiro atoms. The Balaban J connectivity index is 1.78. The Morgan fingerprint density at radius 3 is 2.58 bits per heavy atom. The largest absolute Gasteiger partial charge is 0.508 e. The van der Waals surface area contributed by atoms with Crippen LogP contribution in [0.15, 0.2) is 47.3 Å². The molecule has 0 fully saturated rings. The summed E-state index contributed by atoms with van der Waals surface area (Å²) in [6.45, 7) is 0. The molecule has 0 bridgehead atoms. The summed E-state index contributed by atoms with van der Waals surface area (Å²) in [6.07, 6.45) is 0. The van der Waals surface area contributed by atoms with Gasteiger partial charge in [-0.05, 0) is 46.3 Å². The first-order chi connectivity index (χ1) is 15.1. The molecule has 31 heavy (non-hydrogen) atoms. The van der Waals surface area contributed by atoms with Crippen molar-refractivity contribution in [1.82, 2.24) is 30.4 Å². The Hall–Kier alpha value is -4.41. The van der Waals surface area contributed by atoms with Crippen LogP contribution in [-0.4, -0.2) is 49.7 Å². The van der Waals surface area contributed by atoms with Gasteiger partial charge >= 0.3 is 0 Å². The monoisotopic (exact) mass is 419 g/mol. The lowest BCUT2D eigenvalue weighted by molar-refractivity contribution is 0.355. The van der Waals surface area contributed by atoms with Crippen molar-refractivity contribution in [3.63, 3.8) is 0 Å². The van der Waals surface area contributed by atoms with Gasteiger partial charge in [0.05, 0.1) is 19.9 Å². The lowest BCUT2D eigenvalue weighted by Crippen LogP contribution is -2.29. The van der Waals surface area contributed by atoms with E-state index in [2.05, 4.69) is 31.0 Å². The summed E-state index contributed by atoms with van der Waals surface area (Å²) in [5.41, 5.74) is 2.46. The number of aromatic hydroxyl groups is 1. The van der Waals surface area contributed by atoms with Crippen LogP contribution < -0.4 is 20.3 Å². The summed E-state index contributed by atoms with van der Waals surface area (Å²) in [6, 6.07) is 11.4. The number of aromatic amines is 1. The maximum Gasteiger partial charge on any atom is 0.288 e. The van der Waals surface area contributed by atoms with E-state index in [9.17, 15) is 9.90 Å². The number of aromatic nitrogens is 6. The van der Waals surface area contributed by atoms with Gasteiger partial charge in [-0.2, -0.15) is 9.78 Å². The number of fused-ring (bicyclic) bond motifs is 2. The second-order valence-electron chi connectivity index (χ2n) is 6.83. The Morgan fingerprint density at radius 2 is 1.84 bits per heavy atom. The summed E-state index contributed by atoms with van der Waals surface area (Å²) in [7, 11) is 3.10. The average molecular weight is 419 g/mol. The number of hydrogen-bond acceptors (Lipinski definition) is 9. The first-order valence-corrected chi connectivity index (χ1v) is 9.29. The summed E-state index contributed by atoms with van der Waals surface area (Å²) in [4.78, 5) is 12.7. The fourth-order valence-electron chi connectivity index (χ4n) is 3.71. The van der Waals surface area contributed by atoms with Gasteiger partial charge in [-0.15, -0.1) is 0 Å². The maximum atomic E-state index is 12.7. The van der Waals surface area contributed by atoms with Crippen LogP contribution in [0.3, 0.4) is 0 Å². The maximum absolute atomic E-state index is 12.7. The molecule has 1 unspecified atom stereocenters. The van der Waals surface area contributed by atoms with Gasteiger partial charge < -0.3 is 19.9 Å². The number of hydrogen-bond donors (Lipinski definition) is 3. The van der Waals surface area contributed by atoms with Crippen molar-refractivity contribution in [3.8, 4) is 28.5 Å². The standard InChI is InChI=1S/C20H17N7O4/c1-30-13-8-5-11(9-14(13)31-2)16-15-17(19(29)23-22-16)21-20-24-25-26-27(20)18(15)10-3-6-12(28)7-4-10/h3-9,18,28H,1-2H3,(H,23,29)(H,21,24,26). The van der Waals surface area contributed by atoms with Crippen LogP contribution in [0.1, 0.15) is 17.2 Å². The lowest BCUT2D eigenvalue weighted by Gasteiger charge is -2.28. The van der Waals surface area contributed by atoms with Gasteiger partial charge in [0, 0.05) is 11.1 Å². The van der Waals surface area contributed by atoms with Crippen molar-refractivity contribution in [2.75, 3.05) is 19.5 Å². The van der Waals surface area contributed by atoms with E-state index in [4.69, 9.17) is 9.47 Å². The zero-order chi connectivity index (χ0) is 21.5. The predicted molar refractivity (Wildman–Crippen MR) is 110 cm³/mol. The van der Waals surface area contributed by atoms with Crippen LogP contribution in [0.2, 0.25) is 0 Å². The summed E-state index contributed by atoms with van der Waals surface area (Å²) < 4.78 is 12.3. The van der Waals surface area contributed by atoms with Crippen LogP contribution in [0.5, 0.6) is 17.2 Å². The minimum Gasteiger partial charge on any atom is -0.508 e. The van der Waals surface area contributed by atoms with Crippen molar-refractivity contribution in [1.29, 1.82) is 0 Å². The molecule has 3 heterocycles. The zero-order valence-electron chi connectivity index (χ0n) is 16.5. The van der Waals surface area contributed by atoms with Crippen molar-refractivity contribution in [2.45, 2.75) is 6.04 Å². The van der Waals surface area contributed by atoms with E-state index in [0.717, 1.165) is 5.56 Å². The van der Waals surface area contributed by atoms with Gasteiger partial charge in [-0.25, -0.2) is 5.10 Å². The summed E-state index contributed by atoms with van der Waals surface area (Å²) in [5.74, 6) is 1.54. The molecule has 0 radical (unpaired) electrons. The molecule has 11 nitrogen and oxygen atoms in total. The van der Waals surface area contributed by atoms with Crippen LogP contribution in [0.25, 0.3) is 11.3 Å². The van der Waals surface area contributed by atoms with E-state index in [1.165, 1.54) is 0 Å². The Labute approximate surface area is 175 Å². The molecule has 1 aliphatic rings. The third kappa shape index (κ3) is 2.94. The first-order valence-electron chi connectivity index (χ1n) is 9.29. The quantitative estimate of drug-likeness (QED) is 0.398. The Kier molecular flexibility index (Phi) is 4.28. The molecule has 1 atom stereocenters. The Bertz CT molecular complexity index is 1330. The van der Waals surface area contributed by atoms with E-state index in [1.807, 2.05) is 6.07 Å². The van der Waals surface area contributed by atoms with E-state index < -0.39 is 11.6 Å². The number of ether oxygens (including phenoxy) is 2. The van der Waals surface area contributed by atoms with Crippen LogP contribution >= 0.6 is 0 Å². The highest BCUT2D eigenvalue weighted by Gasteiger charge is 2.34. The van der Waals surface area contributed by atoms with Crippen molar-refractivity contribution in [2.24, 2.45) is 0 Å². The first kappa shape index (κ1) is 18.6. The second-order valence-corrected chi connectivity index (χ2v) is 6.83. The highest BCUT2D eigenvalue weighted by Crippen LogP contribution is 2.42. The van der Waals surface area contributed by atoms with Gasteiger partial charge in [0.25, 0.3) is 5.56 Å². The number of H-pyrrole nitrogens is 1. The molecule has 0 saturated heterocycles. The highest BCUT2D eigenvalue weighted by molar-refractivity contribution is 5.76. The SMILES string of the molecule is COc1ccc(-c2n[nH]c(=O)c3c2C(c2ccc(O)cc2)n2nnnc2N3)cc1OC. The number of phenols is 1. The fraction of sp³-hybridized carbons (Fsp3) is 0.150. The summed E-state index contributed by atoms with van der Waals surface area (Å²) in [5, 5.41) is 31.4. The lowest BCUT2D eigenvalue weighted by atomic mass is 9.92. The third-order valence-corrected chi connectivity index (χ3v) is 5.13. The number of tetrazole rings is 1. The van der Waals surface area contributed by atoms with Crippen LogP contribution in [0.4, 0.5) is 11.6 Å². The van der Waals surface area contributed by atoms with E-state index in [-0.39, 0.29) is 5.75 Å². The number of benzene rings is 2. The van der Waals surface area contributed by atoms with Crippen molar-refractivity contribution in [3.05, 3.63) is 63.9 Å². The molecule has 5 rings (SSSR count). The number of rotatable bonds is 4. The van der Waals surface area contributed by atoms with Gasteiger partial charge in [-0.3, -0.25) is 4.79 Å². The molecule has 156 valence electrons. The van der Waals surface area contributed by atoms with E-state index in [0.29, 0.717) is 40.0 Å². The average Bonchev–Trinajstić information content (AvgIpc) is 3.27. The topological polar surface area (TPSA) is 140 Å². The van der Waals surface area contributed by atoms with Crippen molar-refractivity contribution < 1.29 is 14.6 Å². The fourth-order valence-corrected chi connectivity index (χ4v) is 3.71. The number of methoxy groups -OCH3 is 2. The van der Waals surface area contributed by atoms with E-state index in [1.54, 1.807) is 55.3 Å². The molecular formula is C20H17N7O4. The number of nitrogens with one attached hydrogen (secondary N) is 2. The number of nitrogens with zero attached hydrogens (tertiary/aromatic N) is 5. The minimum atomic E-state index is -0.556. The van der Waals surface area contributed by atoms with Gasteiger partial charge in [0.15, 0.2) is 11.5 Å². The summed E-state index contributed by atoms with van der Waals surface area (Å²) >= 11 is 0. The van der Waals surface area contributed by atoms with Gasteiger partial charge in [0.2, 0.25) is 5.95 Å². The third-order valence-electron chi connectivity index (χ3n) is 5.13. The molecule has 3 N–H and O–H groups in total. The highest BCUT2D eigenvalue weighted by atomic mass is 16.5. The molecule has 4 aromatic rings. The molecule has 0 aliphatic carbocycles. The molecule has 0 amide bonds. The molecule has 2 aromatic heterocycles. The minimum absolute atomic E-state index is 0.124. The Morgan fingerprint density at radius 1 is 1.06 bits per heavy atom. The molecule has 0 saturated carbocycles. The van der Waals surface area contributed by atoms with Crippen LogP contribution in [0, 0.1) is 0 Å². The van der Waals surface area contributed by atoms with Crippen molar-refractivity contribution >= 4 is 11.6 Å². The number of anilines is 2. The van der Waals surface area contributed by atoms with Gasteiger partial charge in [0.1, 0.15) is 17.5 Å². The molecule has 11 heteroatoms. The second kappa shape index (κ2) is 7.13. The zero-order valence-corrected chi connectivity index (χ0v) is 16.5. The number of phenolic OH excluding ortho intramolecular Hbond substituents is 1. The normalized spacial score (nSPS) is 14.3. The molecular weight excluding hydrogens is 402 g/mol. The van der Waals surface area contributed by atoms with Gasteiger partial charge in [-0.1, -0.05) is 17.2 Å². The van der Waals surface area contributed by atoms with Crippen LogP contribution in [-0.2, 0) is 0 Å². The van der Waals surface area contributed by atoms with E-state index >= 15 is 0 Å². The molecule has 1 aliphatic heterocycles. The predicted octanol–water partition coefficient (Wildman–Crippen LogP) is 1.84. The molecule has 2 aromatic carbocycles.